The first-order valence-electron chi connectivity index (χ1n) is 10.6. The Labute approximate surface area is 218 Å². The third-order valence-corrected chi connectivity index (χ3v) is 7.60. The molecule has 0 atom stereocenters. The number of amides is 1. The number of methoxy groups -OCH3 is 1. The Morgan fingerprint density at radius 2 is 1.72 bits per heavy atom. The topological polar surface area (TPSA) is 99.5 Å². The minimum atomic E-state index is -3.88. The molecule has 1 amide bonds. The minimum absolute atomic E-state index is 0.0448. The van der Waals surface area contributed by atoms with Gasteiger partial charge in [0.2, 0.25) is 9.84 Å². The summed E-state index contributed by atoms with van der Waals surface area (Å²) in [5, 5.41) is 7.95. The number of ether oxygens (including phenoxy) is 2. The molecule has 0 bridgehead atoms. The van der Waals surface area contributed by atoms with Crippen LogP contribution in [0.15, 0.2) is 82.7 Å². The van der Waals surface area contributed by atoms with Crippen molar-refractivity contribution in [3.63, 3.8) is 0 Å². The molecule has 11 heteroatoms. The summed E-state index contributed by atoms with van der Waals surface area (Å²) in [6, 6.07) is 16.9. The van der Waals surface area contributed by atoms with Gasteiger partial charge in [0.1, 0.15) is 11.5 Å². The first-order valence-corrected chi connectivity index (χ1v) is 12.8. The Kier molecular flexibility index (Phi) is 7.53. The van der Waals surface area contributed by atoms with Gasteiger partial charge in [0.25, 0.3) is 5.91 Å². The van der Waals surface area contributed by atoms with E-state index in [9.17, 15) is 13.2 Å². The molecule has 186 valence electrons. The van der Waals surface area contributed by atoms with Crippen LogP contribution in [0.2, 0.25) is 10.0 Å². The summed E-state index contributed by atoms with van der Waals surface area (Å²) < 4.78 is 38.6. The van der Waals surface area contributed by atoms with Crippen LogP contribution in [-0.4, -0.2) is 31.2 Å². The summed E-state index contributed by atoms with van der Waals surface area (Å²) in [7, 11) is -2.47. The number of aromatic nitrogens is 2. The van der Waals surface area contributed by atoms with Gasteiger partial charge in [-0.05, 0) is 73.2 Å². The lowest BCUT2D eigenvalue weighted by Gasteiger charge is -2.11. The van der Waals surface area contributed by atoms with Gasteiger partial charge in [-0.15, -0.1) is 0 Å². The van der Waals surface area contributed by atoms with Crippen molar-refractivity contribution < 1.29 is 22.7 Å². The van der Waals surface area contributed by atoms with Gasteiger partial charge in [0.05, 0.1) is 16.9 Å². The fourth-order valence-corrected chi connectivity index (χ4v) is 4.83. The van der Waals surface area contributed by atoms with Crippen molar-refractivity contribution in [3.05, 3.63) is 94.2 Å². The summed E-state index contributed by atoms with van der Waals surface area (Å²) in [6.45, 7) is 1.95. The zero-order valence-electron chi connectivity index (χ0n) is 19.2. The van der Waals surface area contributed by atoms with E-state index in [0.29, 0.717) is 15.8 Å². The molecule has 0 radical (unpaired) electrons. The Morgan fingerprint density at radius 1 is 0.972 bits per heavy atom. The van der Waals surface area contributed by atoms with E-state index in [-0.39, 0.29) is 33.7 Å². The van der Waals surface area contributed by atoms with Crippen LogP contribution >= 0.6 is 23.2 Å². The molecule has 0 unspecified atom stereocenters. The minimum Gasteiger partial charge on any atom is -0.497 e. The van der Waals surface area contributed by atoms with Crippen molar-refractivity contribution in [1.29, 1.82) is 0 Å². The smallest absolute Gasteiger partial charge is 0.276 e. The molecule has 0 fully saturated rings. The van der Waals surface area contributed by atoms with E-state index in [2.05, 4.69) is 10.4 Å². The molecular weight excluding hydrogens is 525 g/mol. The maximum absolute atomic E-state index is 13.1. The first kappa shape index (κ1) is 25.6. The number of halogens is 2. The van der Waals surface area contributed by atoms with E-state index in [1.807, 2.05) is 6.92 Å². The van der Waals surface area contributed by atoms with Crippen molar-refractivity contribution in [2.75, 3.05) is 12.4 Å². The second kappa shape index (κ2) is 10.6. The second-order valence-corrected chi connectivity index (χ2v) is 10.5. The standard InChI is InChI=1S/C25H21Cl2N3O5S/c1-16-11-19(5-8-23(16)27)35-15-30-10-9-24(29-30)25(31)28-18-12-20(34-2)14-22(13-18)36(32,33)21-6-3-17(26)4-7-21/h3-14H,15H2,1-2H3,(H,28,31). The quantitative estimate of drug-likeness (QED) is 0.308. The molecule has 1 N–H and O–H groups in total. The highest BCUT2D eigenvalue weighted by molar-refractivity contribution is 7.91. The Balaban J connectivity index is 1.50. The molecule has 36 heavy (non-hydrogen) atoms. The number of benzene rings is 3. The van der Waals surface area contributed by atoms with Gasteiger partial charge in [-0.1, -0.05) is 23.2 Å². The molecule has 8 nitrogen and oxygen atoms in total. The van der Waals surface area contributed by atoms with Crippen molar-refractivity contribution in [3.8, 4) is 11.5 Å². The van der Waals surface area contributed by atoms with Crippen molar-refractivity contribution in [2.24, 2.45) is 0 Å². The van der Waals surface area contributed by atoms with Gasteiger partial charge >= 0.3 is 0 Å². The van der Waals surface area contributed by atoms with Crippen LogP contribution < -0.4 is 14.8 Å². The largest absolute Gasteiger partial charge is 0.497 e. The number of nitrogens with zero attached hydrogens (tertiary/aromatic N) is 2. The molecule has 4 rings (SSSR count). The highest BCUT2D eigenvalue weighted by atomic mass is 35.5. The van der Waals surface area contributed by atoms with E-state index < -0.39 is 15.7 Å². The van der Waals surface area contributed by atoms with Crippen molar-refractivity contribution >= 4 is 44.6 Å². The Hall–Kier alpha value is -3.53. The van der Waals surface area contributed by atoms with Gasteiger partial charge < -0.3 is 14.8 Å². The lowest BCUT2D eigenvalue weighted by molar-refractivity contribution is 0.102. The van der Waals surface area contributed by atoms with E-state index in [1.165, 1.54) is 60.3 Å². The number of rotatable bonds is 8. The van der Waals surface area contributed by atoms with Crippen LogP contribution in [0, 0.1) is 6.92 Å². The number of carbonyl (C=O) groups is 1. The zero-order chi connectivity index (χ0) is 25.9. The fraction of sp³-hybridized carbons (Fsp3) is 0.120. The predicted octanol–water partition coefficient (Wildman–Crippen LogP) is 5.63. The van der Waals surface area contributed by atoms with Gasteiger partial charge in [0.15, 0.2) is 12.4 Å². The third kappa shape index (κ3) is 5.81. The van der Waals surface area contributed by atoms with Crippen LogP contribution in [0.4, 0.5) is 5.69 Å². The molecule has 0 saturated carbocycles. The van der Waals surface area contributed by atoms with Crippen LogP contribution in [0.3, 0.4) is 0 Å². The molecule has 0 spiro atoms. The van der Waals surface area contributed by atoms with E-state index in [1.54, 1.807) is 24.4 Å². The van der Waals surface area contributed by atoms with Crippen LogP contribution in [0.1, 0.15) is 16.1 Å². The maximum Gasteiger partial charge on any atom is 0.276 e. The van der Waals surface area contributed by atoms with Crippen LogP contribution in [0.25, 0.3) is 0 Å². The summed E-state index contributed by atoms with van der Waals surface area (Å²) in [5.74, 6) is 0.348. The average molecular weight is 546 g/mol. The summed E-state index contributed by atoms with van der Waals surface area (Å²) in [4.78, 5) is 12.8. The number of carbonyl (C=O) groups excluding carboxylic acids is 1. The third-order valence-electron chi connectivity index (χ3n) is 5.17. The van der Waals surface area contributed by atoms with Gasteiger partial charge in [0, 0.05) is 28.0 Å². The molecule has 0 saturated heterocycles. The molecule has 0 aliphatic heterocycles. The normalized spacial score (nSPS) is 11.2. The number of hydrogen-bond acceptors (Lipinski definition) is 6. The molecule has 4 aromatic rings. The first-order chi connectivity index (χ1) is 17.2. The van der Waals surface area contributed by atoms with E-state index in [0.717, 1.165) is 5.56 Å². The van der Waals surface area contributed by atoms with E-state index >= 15 is 0 Å². The lowest BCUT2D eigenvalue weighted by Crippen LogP contribution is -2.15. The summed E-state index contributed by atoms with van der Waals surface area (Å²) in [5.41, 5.74) is 1.23. The van der Waals surface area contributed by atoms with Crippen LogP contribution in [-0.2, 0) is 16.6 Å². The summed E-state index contributed by atoms with van der Waals surface area (Å²) in [6.07, 6.45) is 1.60. The molecule has 0 aliphatic rings. The fourth-order valence-electron chi connectivity index (χ4n) is 3.26. The van der Waals surface area contributed by atoms with Gasteiger partial charge in [-0.3, -0.25) is 4.79 Å². The number of nitrogens with one attached hydrogen (secondary N) is 1. The molecule has 1 heterocycles. The van der Waals surface area contributed by atoms with Crippen molar-refractivity contribution in [1.82, 2.24) is 9.78 Å². The highest BCUT2D eigenvalue weighted by Gasteiger charge is 2.20. The number of sulfone groups is 1. The number of aryl methyl sites for hydroxylation is 1. The van der Waals surface area contributed by atoms with E-state index in [4.69, 9.17) is 32.7 Å². The zero-order valence-corrected chi connectivity index (χ0v) is 21.6. The molecule has 0 aliphatic carbocycles. The molecule has 3 aromatic carbocycles. The lowest BCUT2D eigenvalue weighted by atomic mass is 10.2. The molecular formula is C25H21Cl2N3O5S. The number of anilines is 1. The Morgan fingerprint density at radius 3 is 2.42 bits per heavy atom. The SMILES string of the molecule is COc1cc(NC(=O)c2ccn(COc3ccc(Cl)c(C)c3)n2)cc(S(=O)(=O)c2ccc(Cl)cc2)c1. The van der Waals surface area contributed by atoms with Gasteiger partial charge in [-0.25, -0.2) is 13.1 Å². The highest BCUT2D eigenvalue weighted by Crippen LogP contribution is 2.29. The molecule has 1 aromatic heterocycles. The van der Waals surface area contributed by atoms with Gasteiger partial charge in [-0.2, -0.15) is 5.10 Å². The monoisotopic (exact) mass is 545 g/mol. The maximum atomic E-state index is 13.1. The number of hydrogen-bond donors (Lipinski definition) is 1. The predicted molar refractivity (Wildman–Crippen MR) is 137 cm³/mol. The summed E-state index contributed by atoms with van der Waals surface area (Å²) >= 11 is 11.9. The Bertz CT molecular complexity index is 1520. The van der Waals surface area contributed by atoms with Crippen molar-refractivity contribution in [2.45, 2.75) is 23.4 Å². The second-order valence-electron chi connectivity index (χ2n) is 7.73. The van der Waals surface area contributed by atoms with Crippen LogP contribution in [0.5, 0.6) is 11.5 Å². The average Bonchev–Trinajstić information content (AvgIpc) is 3.34.